The smallest absolute Gasteiger partial charge is 0.265 e. The number of benzene rings is 1. The molecule has 39 heavy (non-hydrogen) atoms. The van der Waals surface area contributed by atoms with Crippen molar-refractivity contribution in [3.63, 3.8) is 0 Å². The third-order valence-electron chi connectivity index (χ3n) is 7.25. The van der Waals surface area contributed by atoms with Crippen molar-refractivity contribution in [2.24, 2.45) is 5.41 Å². The molecule has 0 radical (unpaired) electrons. The lowest BCUT2D eigenvalue weighted by molar-refractivity contribution is -0.142. The Morgan fingerprint density at radius 1 is 1.13 bits per heavy atom. The molecular formula is C30H36N6O3. The van der Waals surface area contributed by atoms with E-state index in [4.69, 9.17) is 4.98 Å². The van der Waals surface area contributed by atoms with E-state index >= 15 is 0 Å². The van der Waals surface area contributed by atoms with Gasteiger partial charge in [0.2, 0.25) is 5.91 Å². The maximum Gasteiger partial charge on any atom is 0.265 e. The zero-order valence-corrected chi connectivity index (χ0v) is 23.3. The second-order valence-electron chi connectivity index (χ2n) is 11.2. The van der Waals surface area contributed by atoms with Gasteiger partial charge < -0.3 is 15.2 Å². The summed E-state index contributed by atoms with van der Waals surface area (Å²) in [6.07, 6.45) is 3.83. The van der Waals surface area contributed by atoms with Crippen LogP contribution < -0.4 is 10.9 Å². The number of aryl methyl sites for hydroxylation is 1. The molecule has 204 valence electrons. The number of hydrogen-bond donors (Lipinski definition) is 2. The first-order valence-electron chi connectivity index (χ1n) is 13.7. The van der Waals surface area contributed by atoms with Crippen molar-refractivity contribution in [1.82, 2.24) is 29.7 Å². The minimum atomic E-state index is -0.535. The van der Waals surface area contributed by atoms with E-state index in [-0.39, 0.29) is 30.0 Å². The van der Waals surface area contributed by atoms with Crippen molar-refractivity contribution >= 4 is 33.9 Å². The number of aromatic amines is 1. The summed E-state index contributed by atoms with van der Waals surface area (Å²) in [5.74, 6) is 0.643. The van der Waals surface area contributed by atoms with Crippen LogP contribution in [0, 0.1) is 12.3 Å². The quantitative estimate of drug-likeness (QED) is 0.388. The fraction of sp³-hybridized carbons (Fsp3) is 0.433. The fourth-order valence-corrected chi connectivity index (χ4v) is 5.04. The lowest BCUT2D eigenvalue weighted by Gasteiger charge is -2.45. The molecule has 0 unspecified atom stereocenters. The van der Waals surface area contributed by atoms with Gasteiger partial charge in [0.05, 0.1) is 11.7 Å². The standard InChI is InChI=1S/C28H30N6O3.C2H6/c1-16-4-6-17(7-5-16)11-30-26(36)20-10-19-23-21(31-24(32-23)18-8-9-18)12-29-25(19)34(27(20)37)13-22(35)33-14-28(2,3)15-33;1-2/h4-7,10,12,18H,8-9,11,13-15H2,1-3H3,(H,30,36)(H,31,32);1-2H3. The number of carbonyl (C=O) groups is 2. The lowest BCUT2D eigenvalue weighted by Crippen LogP contribution is -2.56. The molecule has 2 aliphatic rings. The summed E-state index contributed by atoms with van der Waals surface area (Å²) in [7, 11) is 0. The molecule has 0 spiro atoms. The molecule has 1 aliphatic carbocycles. The molecular weight excluding hydrogens is 492 g/mol. The minimum Gasteiger partial charge on any atom is -0.348 e. The van der Waals surface area contributed by atoms with Crippen LogP contribution in [-0.4, -0.2) is 49.3 Å². The summed E-state index contributed by atoms with van der Waals surface area (Å²) in [6.45, 7) is 11.6. The molecule has 4 aromatic rings. The number of nitrogens with zero attached hydrogens (tertiary/aromatic N) is 4. The first kappa shape index (κ1) is 26.6. The molecule has 2 N–H and O–H groups in total. The number of hydrogen-bond acceptors (Lipinski definition) is 5. The van der Waals surface area contributed by atoms with Crippen molar-refractivity contribution in [3.05, 3.63) is 69.4 Å². The van der Waals surface area contributed by atoms with Crippen LogP contribution in [-0.2, 0) is 17.9 Å². The number of imidazole rings is 1. The van der Waals surface area contributed by atoms with E-state index < -0.39 is 11.5 Å². The Balaban J connectivity index is 0.00000151. The van der Waals surface area contributed by atoms with E-state index in [2.05, 4.69) is 29.1 Å². The monoisotopic (exact) mass is 528 g/mol. The maximum atomic E-state index is 13.6. The molecule has 4 heterocycles. The van der Waals surface area contributed by atoms with Crippen molar-refractivity contribution in [3.8, 4) is 0 Å². The van der Waals surface area contributed by atoms with E-state index in [1.54, 1.807) is 17.2 Å². The highest BCUT2D eigenvalue weighted by atomic mass is 16.2. The van der Waals surface area contributed by atoms with Crippen LogP contribution in [0.1, 0.15) is 73.8 Å². The molecule has 2 fully saturated rings. The highest BCUT2D eigenvalue weighted by Crippen LogP contribution is 2.39. The highest BCUT2D eigenvalue weighted by molar-refractivity contribution is 6.05. The van der Waals surface area contributed by atoms with Crippen molar-refractivity contribution in [1.29, 1.82) is 0 Å². The molecule has 9 heteroatoms. The van der Waals surface area contributed by atoms with Crippen LogP contribution in [0.25, 0.3) is 22.1 Å². The van der Waals surface area contributed by atoms with Crippen molar-refractivity contribution in [2.45, 2.75) is 66.5 Å². The average Bonchev–Trinajstić information content (AvgIpc) is 3.67. The van der Waals surface area contributed by atoms with Crippen LogP contribution in [0.5, 0.6) is 0 Å². The lowest BCUT2D eigenvalue weighted by atomic mass is 9.84. The summed E-state index contributed by atoms with van der Waals surface area (Å²) in [6, 6.07) is 9.41. The topological polar surface area (TPSA) is 113 Å². The van der Waals surface area contributed by atoms with Gasteiger partial charge in [-0.1, -0.05) is 57.5 Å². The number of carbonyl (C=O) groups excluding carboxylic acids is 2. The predicted octanol–water partition coefficient (Wildman–Crippen LogP) is 4.28. The van der Waals surface area contributed by atoms with Gasteiger partial charge in [-0.2, -0.15) is 0 Å². The summed E-state index contributed by atoms with van der Waals surface area (Å²) in [5, 5.41) is 3.44. The van der Waals surface area contributed by atoms with Gasteiger partial charge in [0, 0.05) is 30.9 Å². The summed E-state index contributed by atoms with van der Waals surface area (Å²) >= 11 is 0. The molecule has 1 aliphatic heterocycles. The van der Waals surface area contributed by atoms with Gasteiger partial charge >= 0.3 is 0 Å². The van der Waals surface area contributed by atoms with Crippen LogP contribution >= 0.6 is 0 Å². The largest absolute Gasteiger partial charge is 0.348 e. The zero-order valence-electron chi connectivity index (χ0n) is 23.3. The van der Waals surface area contributed by atoms with Gasteiger partial charge in [-0.3, -0.25) is 19.0 Å². The molecule has 9 nitrogen and oxygen atoms in total. The Morgan fingerprint density at radius 2 is 1.82 bits per heavy atom. The van der Waals surface area contributed by atoms with Crippen molar-refractivity contribution < 1.29 is 9.59 Å². The van der Waals surface area contributed by atoms with Crippen LogP contribution in [0.15, 0.2) is 41.3 Å². The number of aromatic nitrogens is 4. The summed E-state index contributed by atoms with van der Waals surface area (Å²) < 4.78 is 1.33. The molecule has 6 rings (SSSR count). The van der Waals surface area contributed by atoms with E-state index in [1.165, 1.54) is 4.57 Å². The number of rotatable bonds is 6. The van der Waals surface area contributed by atoms with Gasteiger partial charge in [0.25, 0.3) is 11.5 Å². The number of nitrogens with one attached hydrogen (secondary N) is 2. The second-order valence-corrected chi connectivity index (χ2v) is 11.2. The predicted molar refractivity (Wildman–Crippen MR) is 152 cm³/mol. The Labute approximate surface area is 227 Å². The van der Waals surface area contributed by atoms with Gasteiger partial charge in [0.15, 0.2) is 0 Å². The molecule has 0 bridgehead atoms. The third kappa shape index (κ3) is 5.30. The van der Waals surface area contributed by atoms with Gasteiger partial charge in [-0.15, -0.1) is 0 Å². The Morgan fingerprint density at radius 3 is 2.46 bits per heavy atom. The maximum absolute atomic E-state index is 13.6. The zero-order chi connectivity index (χ0) is 27.9. The van der Waals surface area contributed by atoms with Gasteiger partial charge in [-0.25, -0.2) is 9.97 Å². The Bertz CT molecular complexity index is 1600. The molecule has 0 atom stereocenters. The first-order chi connectivity index (χ1) is 18.7. The third-order valence-corrected chi connectivity index (χ3v) is 7.25. The number of H-pyrrole nitrogens is 1. The van der Waals surface area contributed by atoms with Crippen LogP contribution in [0.3, 0.4) is 0 Å². The Kier molecular flexibility index (Phi) is 7.01. The highest BCUT2D eigenvalue weighted by Gasteiger charge is 2.37. The molecule has 2 amide bonds. The second kappa shape index (κ2) is 10.3. The Hall–Kier alpha value is -4.01. The number of amides is 2. The van der Waals surface area contributed by atoms with Gasteiger partial charge in [-0.05, 0) is 36.8 Å². The van der Waals surface area contributed by atoms with E-state index in [0.717, 1.165) is 35.3 Å². The molecule has 1 saturated carbocycles. The normalized spacial score (nSPS) is 16.0. The fourth-order valence-electron chi connectivity index (χ4n) is 5.04. The number of fused-ring (bicyclic) bond motifs is 3. The van der Waals surface area contributed by atoms with E-state index in [1.807, 2.05) is 45.0 Å². The molecule has 1 saturated heterocycles. The summed E-state index contributed by atoms with van der Waals surface area (Å²) in [4.78, 5) is 54.3. The number of likely N-dealkylation sites (tertiary alicyclic amines) is 1. The molecule has 1 aromatic carbocycles. The van der Waals surface area contributed by atoms with Crippen molar-refractivity contribution in [2.75, 3.05) is 13.1 Å². The SMILES string of the molecule is CC.Cc1ccc(CNC(=O)c2cc3c4nc(C5CC5)[nH]c4cnc3n(CC(=O)N3CC(C)(C)C3)c2=O)cc1. The van der Waals surface area contributed by atoms with Gasteiger partial charge in [0.1, 0.15) is 29.1 Å². The van der Waals surface area contributed by atoms with Crippen LogP contribution in [0.4, 0.5) is 0 Å². The first-order valence-corrected chi connectivity index (χ1v) is 13.7. The van der Waals surface area contributed by atoms with E-state index in [9.17, 15) is 14.4 Å². The van der Waals surface area contributed by atoms with Crippen LogP contribution in [0.2, 0.25) is 0 Å². The number of pyridine rings is 2. The summed E-state index contributed by atoms with van der Waals surface area (Å²) in [5.41, 5.74) is 3.33. The molecule has 3 aromatic heterocycles. The average molecular weight is 529 g/mol. The van der Waals surface area contributed by atoms with E-state index in [0.29, 0.717) is 35.6 Å². The minimum absolute atomic E-state index is 0.0263.